The van der Waals surface area contributed by atoms with Gasteiger partial charge in [0.1, 0.15) is 19.0 Å². The number of hydrogen-bond acceptors (Lipinski definition) is 9. The van der Waals surface area contributed by atoms with Crippen molar-refractivity contribution in [3.05, 3.63) is 99.1 Å². The first-order chi connectivity index (χ1) is 17.3. The standard InChI is InChI=1S/C23H20N4O9/c28-22(24-16-6-10-18(11-7-16)26(30)31)35-15-21(14-34-20-4-2-1-3-5-20)36-23(29)25-17-8-12-19(13-9-17)27(32)33/h1-13,21H,14-15H2,(H,24,28)(H,25,29). The molecule has 3 aromatic rings. The summed E-state index contributed by atoms with van der Waals surface area (Å²) in [6, 6.07) is 18.9. The molecule has 13 nitrogen and oxygen atoms in total. The number of benzene rings is 3. The van der Waals surface area contributed by atoms with E-state index in [4.69, 9.17) is 14.2 Å². The fourth-order valence-electron chi connectivity index (χ4n) is 2.78. The molecule has 0 aromatic heterocycles. The van der Waals surface area contributed by atoms with Crippen molar-refractivity contribution in [2.24, 2.45) is 0 Å². The molecule has 0 heterocycles. The Hall–Kier alpha value is -5.20. The lowest BCUT2D eigenvalue weighted by molar-refractivity contribution is -0.385. The van der Waals surface area contributed by atoms with Crippen molar-refractivity contribution in [3.63, 3.8) is 0 Å². The van der Waals surface area contributed by atoms with Gasteiger partial charge in [-0.25, -0.2) is 9.59 Å². The molecule has 0 spiro atoms. The third-order valence-electron chi connectivity index (χ3n) is 4.50. The molecule has 186 valence electrons. The molecule has 2 amide bonds. The summed E-state index contributed by atoms with van der Waals surface area (Å²) in [5.41, 5.74) is 0.236. The molecule has 0 fully saturated rings. The minimum atomic E-state index is -1.02. The van der Waals surface area contributed by atoms with Gasteiger partial charge in [0.15, 0.2) is 6.10 Å². The van der Waals surface area contributed by atoms with Crippen molar-refractivity contribution in [2.75, 3.05) is 23.8 Å². The minimum absolute atomic E-state index is 0.139. The monoisotopic (exact) mass is 496 g/mol. The van der Waals surface area contributed by atoms with Gasteiger partial charge in [0.2, 0.25) is 0 Å². The van der Waals surface area contributed by atoms with Crippen molar-refractivity contribution in [1.82, 2.24) is 0 Å². The van der Waals surface area contributed by atoms with Crippen LogP contribution >= 0.6 is 0 Å². The molecule has 0 radical (unpaired) electrons. The average molecular weight is 496 g/mol. The van der Waals surface area contributed by atoms with Gasteiger partial charge in [-0.2, -0.15) is 0 Å². The molecule has 3 aromatic carbocycles. The number of para-hydroxylation sites is 1. The van der Waals surface area contributed by atoms with Crippen LogP contribution in [-0.2, 0) is 9.47 Å². The minimum Gasteiger partial charge on any atom is -0.490 e. The van der Waals surface area contributed by atoms with Crippen LogP contribution in [0.2, 0.25) is 0 Å². The highest BCUT2D eigenvalue weighted by Gasteiger charge is 2.19. The summed E-state index contributed by atoms with van der Waals surface area (Å²) >= 11 is 0. The van der Waals surface area contributed by atoms with Gasteiger partial charge >= 0.3 is 12.2 Å². The Labute approximate surface area is 203 Å². The lowest BCUT2D eigenvalue weighted by Gasteiger charge is -2.19. The third-order valence-corrected chi connectivity index (χ3v) is 4.50. The lowest BCUT2D eigenvalue weighted by atomic mass is 10.3. The number of ether oxygens (including phenoxy) is 3. The Balaban J connectivity index is 1.57. The van der Waals surface area contributed by atoms with Gasteiger partial charge in [-0.05, 0) is 36.4 Å². The Kier molecular flexibility index (Phi) is 8.70. The third kappa shape index (κ3) is 7.98. The van der Waals surface area contributed by atoms with Crippen molar-refractivity contribution < 1.29 is 33.6 Å². The maximum atomic E-state index is 12.3. The number of carbonyl (C=O) groups excluding carboxylic acids is 2. The van der Waals surface area contributed by atoms with Gasteiger partial charge < -0.3 is 14.2 Å². The SMILES string of the molecule is O=C(Nc1ccc([N+](=O)[O-])cc1)OCC(COc1ccccc1)OC(=O)Nc1ccc([N+](=O)[O-])cc1. The number of hydrogen-bond donors (Lipinski definition) is 2. The van der Waals surface area contributed by atoms with Crippen molar-refractivity contribution in [2.45, 2.75) is 6.10 Å². The van der Waals surface area contributed by atoms with E-state index in [1.165, 1.54) is 48.5 Å². The van der Waals surface area contributed by atoms with Gasteiger partial charge in [0.25, 0.3) is 11.4 Å². The van der Waals surface area contributed by atoms with Crippen LogP contribution in [-0.4, -0.2) is 41.4 Å². The van der Waals surface area contributed by atoms with Crippen LogP contribution in [0.3, 0.4) is 0 Å². The van der Waals surface area contributed by atoms with Crippen molar-refractivity contribution in [1.29, 1.82) is 0 Å². The van der Waals surface area contributed by atoms with Crippen LogP contribution < -0.4 is 15.4 Å². The quantitative estimate of drug-likeness (QED) is 0.297. The number of nitro groups is 2. The van der Waals surface area contributed by atoms with Gasteiger partial charge in [-0.3, -0.25) is 30.9 Å². The van der Waals surface area contributed by atoms with Crippen LogP contribution in [0.4, 0.5) is 32.3 Å². The normalized spacial score (nSPS) is 11.0. The number of nitrogens with one attached hydrogen (secondary N) is 2. The topological polar surface area (TPSA) is 172 Å². The zero-order valence-electron chi connectivity index (χ0n) is 18.6. The molecular weight excluding hydrogens is 476 g/mol. The molecular formula is C23H20N4O9. The first-order valence-corrected chi connectivity index (χ1v) is 10.4. The first-order valence-electron chi connectivity index (χ1n) is 10.4. The molecule has 3 rings (SSSR count). The number of amides is 2. The molecule has 0 aliphatic heterocycles. The molecule has 1 atom stereocenters. The second-order valence-corrected chi connectivity index (χ2v) is 7.11. The van der Waals surface area contributed by atoms with Gasteiger partial charge in [-0.1, -0.05) is 18.2 Å². The van der Waals surface area contributed by atoms with Gasteiger partial charge in [0.05, 0.1) is 9.85 Å². The van der Waals surface area contributed by atoms with E-state index in [0.29, 0.717) is 5.75 Å². The Bertz CT molecular complexity index is 1200. The number of carbonyl (C=O) groups is 2. The number of rotatable bonds is 10. The van der Waals surface area contributed by atoms with E-state index in [1.54, 1.807) is 30.3 Å². The van der Waals surface area contributed by atoms with Gasteiger partial charge in [0, 0.05) is 35.6 Å². The molecule has 1 unspecified atom stereocenters. The zero-order chi connectivity index (χ0) is 25.9. The molecule has 2 N–H and O–H groups in total. The summed E-state index contributed by atoms with van der Waals surface area (Å²) in [5.74, 6) is 0.497. The number of non-ortho nitro benzene ring substituents is 2. The van der Waals surface area contributed by atoms with E-state index in [0.717, 1.165) is 0 Å². The maximum absolute atomic E-state index is 12.3. The lowest BCUT2D eigenvalue weighted by Crippen LogP contribution is -2.33. The van der Waals surface area contributed by atoms with Crippen LogP contribution in [0.25, 0.3) is 0 Å². The highest BCUT2D eigenvalue weighted by molar-refractivity contribution is 5.85. The summed E-state index contributed by atoms with van der Waals surface area (Å²) in [4.78, 5) is 44.8. The number of nitrogens with zero attached hydrogens (tertiary/aromatic N) is 2. The Morgan fingerprint density at radius 3 is 1.72 bits per heavy atom. The molecule has 13 heteroatoms. The number of nitro benzene ring substituents is 2. The van der Waals surface area contributed by atoms with Crippen molar-refractivity contribution in [3.8, 4) is 5.75 Å². The summed E-state index contributed by atoms with van der Waals surface area (Å²) in [5, 5.41) is 26.3. The van der Waals surface area contributed by atoms with Crippen molar-refractivity contribution >= 4 is 34.9 Å². The summed E-state index contributed by atoms with van der Waals surface area (Å²) < 4.78 is 16.0. The summed E-state index contributed by atoms with van der Waals surface area (Å²) in [7, 11) is 0. The van der Waals surface area contributed by atoms with E-state index in [1.807, 2.05) is 0 Å². The van der Waals surface area contributed by atoms with E-state index >= 15 is 0 Å². The maximum Gasteiger partial charge on any atom is 0.412 e. The predicted molar refractivity (Wildman–Crippen MR) is 127 cm³/mol. The summed E-state index contributed by atoms with van der Waals surface area (Å²) in [6.45, 7) is -0.526. The molecule has 36 heavy (non-hydrogen) atoms. The smallest absolute Gasteiger partial charge is 0.412 e. The average Bonchev–Trinajstić information content (AvgIpc) is 2.87. The zero-order valence-corrected chi connectivity index (χ0v) is 18.6. The largest absolute Gasteiger partial charge is 0.490 e. The van der Waals surface area contributed by atoms with Crippen LogP contribution in [0.1, 0.15) is 0 Å². The molecule has 0 bridgehead atoms. The molecule has 0 aliphatic rings. The van der Waals surface area contributed by atoms with Crippen LogP contribution in [0.5, 0.6) is 5.75 Å². The highest BCUT2D eigenvalue weighted by atomic mass is 16.6. The number of anilines is 2. The fraction of sp³-hybridized carbons (Fsp3) is 0.130. The fourth-order valence-corrected chi connectivity index (χ4v) is 2.78. The molecule has 0 saturated carbocycles. The first kappa shape index (κ1) is 25.4. The second-order valence-electron chi connectivity index (χ2n) is 7.11. The molecule has 0 saturated heterocycles. The van der Waals surface area contributed by atoms with E-state index in [9.17, 15) is 29.8 Å². The van der Waals surface area contributed by atoms with Gasteiger partial charge in [-0.15, -0.1) is 0 Å². The van der Waals surface area contributed by atoms with E-state index in [-0.39, 0.29) is 36.0 Å². The second kappa shape index (κ2) is 12.3. The van der Waals surface area contributed by atoms with E-state index in [2.05, 4.69) is 10.6 Å². The van der Waals surface area contributed by atoms with Crippen LogP contribution in [0, 0.1) is 20.2 Å². The summed E-state index contributed by atoms with van der Waals surface area (Å²) in [6.07, 6.45) is -2.80. The van der Waals surface area contributed by atoms with Crippen LogP contribution in [0.15, 0.2) is 78.9 Å². The predicted octanol–water partition coefficient (Wildman–Crippen LogP) is 4.75. The van der Waals surface area contributed by atoms with E-state index < -0.39 is 28.1 Å². The molecule has 0 aliphatic carbocycles. The highest BCUT2D eigenvalue weighted by Crippen LogP contribution is 2.17. The Morgan fingerprint density at radius 2 is 1.22 bits per heavy atom. The Morgan fingerprint density at radius 1 is 0.722 bits per heavy atom.